The van der Waals surface area contributed by atoms with Crippen molar-refractivity contribution in [1.82, 2.24) is 5.16 Å². The molecule has 0 saturated carbocycles. The standard InChI is InChI=1S/C15H14N2O/c1-11-6-2-3-7-12(11)10-16-15-13-8-4-5-9-14(13)18-17-15/h2-9H,10H2,1H3,(H,16,17). The molecule has 0 aliphatic carbocycles. The lowest BCUT2D eigenvalue weighted by Gasteiger charge is -2.06. The number of benzene rings is 2. The van der Waals surface area contributed by atoms with Gasteiger partial charge in [0.1, 0.15) is 0 Å². The molecule has 3 heteroatoms. The molecule has 3 aromatic rings. The van der Waals surface area contributed by atoms with E-state index in [1.54, 1.807) is 0 Å². The molecule has 0 amide bonds. The Balaban J connectivity index is 1.83. The summed E-state index contributed by atoms with van der Waals surface area (Å²) >= 11 is 0. The average molecular weight is 238 g/mol. The molecule has 1 N–H and O–H groups in total. The number of anilines is 1. The quantitative estimate of drug-likeness (QED) is 0.755. The van der Waals surface area contributed by atoms with Gasteiger partial charge in [0.15, 0.2) is 11.4 Å². The monoisotopic (exact) mass is 238 g/mol. The fraction of sp³-hybridized carbons (Fsp3) is 0.133. The summed E-state index contributed by atoms with van der Waals surface area (Å²) in [4.78, 5) is 0. The minimum atomic E-state index is 0.753. The molecule has 0 atom stereocenters. The summed E-state index contributed by atoms with van der Waals surface area (Å²) in [6, 6.07) is 16.2. The van der Waals surface area contributed by atoms with Crippen LogP contribution >= 0.6 is 0 Å². The molecule has 0 saturated heterocycles. The van der Waals surface area contributed by atoms with Crippen molar-refractivity contribution in [1.29, 1.82) is 0 Å². The van der Waals surface area contributed by atoms with Gasteiger partial charge in [0.25, 0.3) is 0 Å². The Morgan fingerprint density at radius 1 is 1.06 bits per heavy atom. The smallest absolute Gasteiger partial charge is 0.177 e. The molecule has 0 aliphatic rings. The Morgan fingerprint density at radius 2 is 1.83 bits per heavy atom. The molecule has 18 heavy (non-hydrogen) atoms. The Kier molecular flexibility index (Phi) is 2.73. The van der Waals surface area contributed by atoms with Crippen molar-refractivity contribution in [2.75, 3.05) is 5.32 Å². The fourth-order valence-corrected chi connectivity index (χ4v) is 2.00. The first-order valence-corrected chi connectivity index (χ1v) is 5.97. The highest BCUT2D eigenvalue weighted by atomic mass is 16.5. The SMILES string of the molecule is Cc1ccccc1CNc1noc2ccccc12. The van der Waals surface area contributed by atoms with Gasteiger partial charge in [0.05, 0.1) is 5.39 Å². The predicted octanol–water partition coefficient (Wildman–Crippen LogP) is 3.75. The maximum Gasteiger partial charge on any atom is 0.177 e. The largest absolute Gasteiger partial charge is 0.363 e. The van der Waals surface area contributed by atoms with Gasteiger partial charge >= 0.3 is 0 Å². The summed E-state index contributed by atoms with van der Waals surface area (Å²) in [6.07, 6.45) is 0. The zero-order valence-electron chi connectivity index (χ0n) is 10.2. The van der Waals surface area contributed by atoms with E-state index in [0.717, 1.165) is 23.3 Å². The summed E-state index contributed by atoms with van der Waals surface area (Å²) < 4.78 is 5.26. The summed E-state index contributed by atoms with van der Waals surface area (Å²) in [5, 5.41) is 8.39. The highest BCUT2D eigenvalue weighted by molar-refractivity contribution is 5.87. The van der Waals surface area contributed by atoms with Crippen molar-refractivity contribution < 1.29 is 4.52 Å². The van der Waals surface area contributed by atoms with Gasteiger partial charge in [-0.1, -0.05) is 41.6 Å². The van der Waals surface area contributed by atoms with Crippen LogP contribution in [0.1, 0.15) is 11.1 Å². The summed E-state index contributed by atoms with van der Waals surface area (Å²) in [7, 11) is 0. The number of aryl methyl sites for hydroxylation is 1. The van der Waals surface area contributed by atoms with Crippen LogP contribution in [-0.4, -0.2) is 5.16 Å². The van der Waals surface area contributed by atoms with E-state index in [1.807, 2.05) is 36.4 Å². The number of nitrogens with zero attached hydrogens (tertiary/aromatic N) is 1. The first-order chi connectivity index (χ1) is 8.84. The lowest BCUT2D eigenvalue weighted by Crippen LogP contribution is -2.01. The Hall–Kier alpha value is -2.29. The molecule has 2 aromatic carbocycles. The van der Waals surface area contributed by atoms with Crippen LogP contribution in [0.3, 0.4) is 0 Å². The molecule has 1 heterocycles. The third kappa shape index (κ3) is 1.95. The predicted molar refractivity (Wildman–Crippen MR) is 72.5 cm³/mol. The third-order valence-corrected chi connectivity index (χ3v) is 3.08. The summed E-state index contributed by atoms with van der Waals surface area (Å²) in [5.74, 6) is 0.800. The third-order valence-electron chi connectivity index (χ3n) is 3.08. The topological polar surface area (TPSA) is 38.1 Å². The van der Waals surface area contributed by atoms with Crippen LogP contribution < -0.4 is 5.32 Å². The zero-order chi connectivity index (χ0) is 12.4. The molecule has 0 bridgehead atoms. The van der Waals surface area contributed by atoms with Gasteiger partial charge in [-0.25, -0.2) is 0 Å². The van der Waals surface area contributed by atoms with E-state index < -0.39 is 0 Å². The van der Waals surface area contributed by atoms with Crippen LogP contribution in [-0.2, 0) is 6.54 Å². The molecule has 0 spiro atoms. The van der Waals surface area contributed by atoms with Gasteiger partial charge in [-0.2, -0.15) is 0 Å². The fourth-order valence-electron chi connectivity index (χ4n) is 2.00. The highest BCUT2D eigenvalue weighted by Gasteiger charge is 2.06. The van der Waals surface area contributed by atoms with Crippen LogP contribution in [0.15, 0.2) is 53.1 Å². The number of rotatable bonds is 3. The summed E-state index contributed by atoms with van der Waals surface area (Å²) in [6.45, 7) is 2.86. The molecule has 3 nitrogen and oxygen atoms in total. The molecular weight excluding hydrogens is 224 g/mol. The second-order valence-corrected chi connectivity index (χ2v) is 4.31. The van der Waals surface area contributed by atoms with Crippen molar-refractivity contribution in [3.63, 3.8) is 0 Å². The first kappa shape index (κ1) is 10.8. The number of aromatic nitrogens is 1. The van der Waals surface area contributed by atoms with E-state index in [0.29, 0.717) is 0 Å². The van der Waals surface area contributed by atoms with E-state index in [2.05, 4.69) is 29.5 Å². The highest BCUT2D eigenvalue weighted by Crippen LogP contribution is 2.22. The second kappa shape index (κ2) is 4.53. The molecule has 0 aliphatic heterocycles. The molecule has 1 aromatic heterocycles. The van der Waals surface area contributed by atoms with Crippen molar-refractivity contribution >= 4 is 16.8 Å². The molecule has 90 valence electrons. The number of hydrogen-bond acceptors (Lipinski definition) is 3. The zero-order valence-corrected chi connectivity index (χ0v) is 10.2. The normalized spacial score (nSPS) is 10.7. The van der Waals surface area contributed by atoms with Crippen LogP contribution in [0.25, 0.3) is 11.0 Å². The van der Waals surface area contributed by atoms with Crippen molar-refractivity contribution in [2.45, 2.75) is 13.5 Å². The van der Waals surface area contributed by atoms with Crippen molar-refractivity contribution in [2.24, 2.45) is 0 Å². The van der Waals surface area contributed by atoms with Crippen LogP contribution in [0.5, 0.6) is 0 Å². The average Bonchev–Trinajstić information content (AvgIpc) is 2.81. The van der Waals surface area contributed by atoms with Gasteiger partial charge in [-0.3, -0.25) is 0 Å². The Bertz CT molecular complexity index is 673. The van der Waals surface area contributed by atoms with E-state index in [9.17, 15) is 0 Å². The Morgan fingerprint density at radius 3 is 2.72 bits per heavy atom. The minimum absolute atomic E-state index is 0.753. The van der Waals surface area contributed by atoms with Crippen molar-refractivity contribution in [3.05, 3.63) is 59.7 Å². The number of fused-ring (bicyclic) bond motifs is 1. The molecule has 0 radical (unpaired) electrons. The van der Waals surface area contributed by atoms with Gasteiger partial charge in [-0.05, 0) is 30.2 Å². The second-order valence-electron chi connectivity index (χ2n) is 4.31. The summed E-state index contributed by atoms with van der Waals surface area (Å²) in [5.41, 5.74) is 3.35. The molecule has 3 rings (SSSR count). The van der Waals surface area contributed by atoms with E-state index in [1.165, 1.54) is 11.1 Å². The molecule has 0 fully saturated rings. The Labute approximate surface area is 105 Å². The van der Waals surface area contributed by atoms with Crippen molar-refractivity contribution in [3.8, 4) is 0 Å². The molecule has 0 unspecified atom stereocenters. The van der Waals surface area contributed by atoms with Gasteiger partial charge in [0.2, 0.25) is 0 Å². The maximum atomic E-state index is 5.26. The van der Waals surface area contributed by atoms with Gasteiger partial charge in [0, 0.05) is 6.54 Å². The number of nitrogens with one attached hydrogen (secondary N) is 1. The maximum absolute atomic E-state index is 5.26. The lowest BCUT2D eigenvalue weighted by atomic mass is 10.1. The van der Waals surface area contributed by atoms with Crippen LogP contribution in [0.4, 0.5) is 5.82 Å². The van der Waals surface area contributed by atoms with E-state index in [4.69, 9.17) is 4.52 Å². The van der Waals surface area contributed by atoms with Gasteiger partial charge < -0.3 is 9.84 Å². The number of para-hydroxylation sites is 1. The number of hydrogen-bond donors (Lipinski definition) is 1. The first-order valence-electron chi connectivity index (χ1n) is 5.97. The van der Waals surface area contributed by atoms with E-state index >= 15 is 0 Å². The van der Waals surface area contributed by atoms with E-state index in [-0.39, 0.29) is 0 Å². The lowest BCUT2D eigenvalue weighted by molar-refractivity contribution is 0.459. The molecular formula is C15H14N2O. The minimum Gasteiger partial charge on any atom is -0.363 e. The van der Waals surface area contributed by atoms with Gasteiger partial charge in [-0.15, -0.1) is 0 Å². The van der Waals surface area contributed by atoms with Crippen LogP contribution in [0, 0.1) is 6.92 Å². The van der Waals surface area contributed by atoms with Crippen LogP contribution in [0.2, 0.25) is 0 Å².